The molecule has 91 heavy (non-hydrogen) atoms. The highest BCUT2D eigenvalue weighted by atomic mass is 32.1. The van der Waals surface area contributed by atoms with Crippen molar-refractivity contribution in [3.05, 3.63) is 267 Å². The van der Waals surface area contributed by atoms with E-state index in [2.05, 4.69) is 259 Å². The fraction of sp³-hybridized carbons (Fsp3) is 0.250. The number of para-hydroxylation sites is 2. The lowest BCUT2D eigenvalue weighted by atomic mass is 9.50. The summed E-state index contributed by atoms with van der Waals surface area (Å²) < 4.78 is 14.0. The molecule has 0 aliphatic rings. The van der Waals surface area contributed by atoms with Crippen molar-refractivity contribution in [2.24, 2.45) is 28.6 Å². The highest BCUT2D eigenvalue weighted by Gasteiger charge is 2.38. The van der Waals surface area contributed by atoms with E-state index in [-0.39, 0.29) is 10.8 Å². The number of hydrogen-bond donors (Lipinski definition) is 0. The van der Waals surface area contributed by atoms with Crippen LogP contribution in [-0.4, -0.2) is 39.2 Å². The Labute approximate surface area is 546 Å². The lowest BCUT2D eigenvalue weighted by molar-refractivity contribution is 0.147. The lowest BCUT2D eigenvalue weighted by Crippen LogP contribution is -2.54. The molecule has 8 aromatic carbocycles. The zero-order valence-electron chi connectivity index (χ0n) is 53.8. The summed E-state index contributed by atoms with van der Waals surface area (Å²) in [6.45, 7) is 30.5. The Bertz CT molecular complexity index is 4510. The molecular formula is C80H78B2N6OS2. The van der Waals surface area contributed by atoms with Gasteiger partial charge in [0.2, 0.25) is 5.70 Å². The Hall–Kier alpha value is -8.99. The van der Waals surface area contributed by atoms with Gasteiger partial charge in [-0.05, 0) is 102 Å². The maximum Gasteiger partial charge on any atom is 0.327 e. The summed E-state index contributed by atoms with van der Waals surface area (Å²) in [4.78, 5) is 15.5. The number of benzene rings is 8. The maximum atomic E-state index is 12.5. The summed E-state index contributed by atoms with van der Waals surface area (Å²) >= 11 is 3.08. The van der Waals surface area contributed by atoms with Crippen molar-refractivity contribution in [2.45, 2.75) is 94.4 Å². The van der Waals surface area contributed by atoms with Crippen LogP contribution in [-0.2, 0) is 6.42 Å². The standard InChI is InChI=1S/C80H78B2N6OS2/c1-54(50-79(4,5)6)46-47-58(56(3)51-80(7,8)9)53-89-63-40-29-31-57(48-63)49-68-71-72(75(65(52-83)77-85-66-42-25-27-44-69(66)90-77)87(68)81(59-32-15-11-16-33-59)60-34-17-12-18-35-60)74(64-41-24-23-30-55(64)2)88(82(61-36-19-13-20-37-61)62-38-21-14-22-39-62)76(71)73(84-10)78-86-67-43-26-28-45-70(67)91-78/h11-45,48,54,56,58H,46-47,49-51,53H2,1-9H3/b75-65-,76-73+. The van der Waals surface area contributed by atoms with Crippen LogP contribution < -0.4 is 37.3 Å². The molecular weight excluding hydrogens is 1150 g/mol. The Kier molecular flexibility index (Phi) is 18.3. The van der Waals surface area contributed by atoms with Crippen LogP contribution >= 0.6 is 22.7 Å². The molecule has 7 nitrogen and oxygen atoms in total. The summed E-state index contributed by atoms with van der Waals surface area (Å²) in [5, 5.41) is 16.9. The predicted molar refractivity (Wildman–Crippen MR) is 386 cm³/mol. The summed E-state index contributed by atoms with van der Waals surface area (Å²) in [7, 11) is 0. The molecule has 452 valence electrons. The quantitative estimate of drug-likeness (QED) is 0.0563. The molecule has 0 spiro atoms. The van der Waals surface area contributed by atoms with Crippen LogP contribution in [0.4, 0.5) is 0 Å². The average Bonchev–Trinajstić information content (AvgIpc) is 1.53. The maximum absolute atomic E-state index is 12.5. The van der Waals surface area contributed by atoms with Crippen molar-refractivity contribution < 1.29 is 4.74 Å². The molecule has 0 radical (unpaired) electrons. The Morgan fingerprint density at radius 1 is 0.582 bits per heavy atom. The van der Waals surface area contributed by atoms with E-state index in [1.807, 2.05) is 36.4 Å². The number of nitriles is 1. The fourth-order valence-electron chi connectivity index (χ4n) is 14.1. The van der Waals surface area contributed by atoms with Crippen LogP contribution in [0.5, 0.6) is 5.75 Å². The molecule has 0 aliphatic carbocycles. The predicted octanol–water partition coefficient (Wildman–Crippen LogP) is 16.3. The van der Waals surface area contributed by atoms with E-state index in [4.69, 9.17) is 19.5 Å². The molecule has 3 unspecified atom stereocenters. The molecule has 3 atom stereocenters. The molecule has 0 N–H and O–H groups in total. The second-order valence-electron chi connectivity index (χ2n) is 27.3. The minimum Gasteiger partial charge on any atom is -0.493 e. The monoisotopic (exact) mass is 1220 g/mol. The van der Waals surface area contributed by atoms with E-state index in [0.717, 1.165) is 117 Å². The number of fused-ring (bicyclic) bond motifs is 3. The number of hydrogen-bond acceptors (Lipinski definition) is 6. The van der Waals surface area contributed by atoms with Gasteiger partial charge in [0.25, 0.3) is 0 Å². The summed E-state index contributed by atoms with van der Waals surface area (Å²) in [5.41, 5.74) is 12.0. The molecule has 0 saturated heterocycles. The third-order valence-corrected chi connectivity index (χ3v) is 19.9. The van der Waals surface area contributed by atoms with Gasteiger partial charge in [0.05, 0.1) is 39.0 Å². The first kappa shape index (κ1) is 62.2. The summed E-state index contributed by atoms with van der Waals surface area (Å²) in [6, 6.07) is 79.3. The highest BCUT2D eigenvalue weighted by Crippen LogP contribution is 2.39. The summed E-state index contributed by atoms with van der Waals surface area (Å²) in [5.74, 6) is 2.24. The van der Waals surface area contributed by atoms with Crippen LogP contribution in [0.25, 0.3) is 58.6 Å². The van der Waals surface area contributed by atoms with E-state index in [9.17, 15) is 11.8 Å². The first-order chi connectivity index (χ1) is 44.1. The molecule has 0 fully saturated rings. The zero-order chi connectivity index (χ0) is 63.4. The minimum absolute atomic E-state index is 0.178. The van der Waals surface area contributed by atoms with Crippen LogP contribution in [0, 0.1) is 53.4 Å². The SMILES string of the molecule is [C-]#[N+]/C(c1nc2ccccc2s1)=c1\c2c(Cc3cccc(OCC(CCC(C)CC(C)(C)C)C(C)CC(C)(C)C)c3)n(B(c3ccccc3)c3ccccc3)/c(=C(/C#N)c3nc4ccccc4s3)c2c(-c2ccccc2C)n1B(c1ccccc1)c1ccccc1. The molecule has 11 heteroatoms. The third-order valence-electron chi connectivity index (χ3n) is 17.8. The fourth-order valence-corrected chi connectivity index (χ4v) is 16.0. The van der Waals surface area contributed by atoms with E-state index in [1.165, 1.54) is 17.8 Å². The third kappa shape index (κ3) is 13.4. The second-order valence-corrected chi connectivity index (χ2v) is 29.3. The Morgan fingerprint density at radius 2 is 1.09 bits per heavy atom. The van der Waals surface area contributed by atoms with Gasteiger partial charge in [0.1, 0.15) is 27.4 Å². The van der Waals surface area contributed by atoms with Crippen LogP contribution in [0.1, 0.15) is 108 Å². The van der Waals surface area contributed by atoms with E-state index >= 15 is 0 Å². The van der Waals surface area contributed by atoms with E-state index in [1.54, 1.807) is 11.3 Å². The molecule has 4 aromatic heterocycles. The van der Waals surface area contributed by atoms with Gasteiger partial charge < -0.3 is 13.7 Å². The van der Waals surface area contributed by atoms with Gasteiger partial charge in [-0.3, -0.25) is 0 Å². The van der Waals surface area contributed by atoms with Crippen molar-refractivity contribution in [3.63, 3.8) is 0 Å². The zero-order valence-corrected chi connectivity index (χ0v) is 55.5. The Morgan fingerprint density at radius 3 is 1.62 bits per heavy atom. The Balaban J connectivity index is 1.25. The molecule has 0 aliphatic heterocycles. The minimum atomic E-state index is -0.480. The largest absolute Gasteiger partial charge is 0.493 e. The van der Waals surface area contributed by atoms with E-state index < -0.39 is 13.7 Å². The normalized spacial score (nSPS) is 13.6. The number of nitrogens with zero attached hydrogens (tertiary/aromatic N) is 6. The molecule has 0 saturated carbocycles. The molecule has 12 rings (SSSR count). The molecule has 0 bridgehead atoms. The van der Waals surface area contributed by atoms with Gasteiger partial charge in [0.15, 0.2) is 0 Å². The number of aromatic nitrogens is 4. The van der Waals surface area contributed by atoms with Crippen molar-refractivity contribution in [3.8, 4) is 23.1 Å². The van der Waals surface area contributed by atoms with Crippen molar-refractivity contribution in [1.82, 2.24) is 18.9 Å². The first-order valence-electron chi connectivity index (χ1n) is 32.1. The first-order valence-corrected chi connectivity index (χ1v) is 33.7. The molecule has 12 aromatic rings. The number of ether oxygens (including phenoxy) is 1. The molecule has 0 amide bonds. The van der Waals surface area contributed by atoms with Gasteiger partial charge in [-0.1, -0.05) is 266 Å². The van der Waals surface area contributed by atoms with Gasteiger partial charge in [-0.25, -0.2) is 14.8 Å². The lowest BCUT2D eigenvalue weighted by Gasteiger charge is -2.31. The van der Waals surface area contributed by atoms with Gasteiger partial charge >= 0.3 is 13.7 Å². The van der Waals surface area contributed by atoms with E-state index in [0.29, 0.717) is 52.1 Å². The number of thiazole rings is 2. The van der Waals surface area contributed by atoms with Crippen molar-refractivity contribution >= 4 is 101 Å². The average molecular weight is 1230 g/mol. The highest BCUT2D eigenvalue weighted by molar-refractivity contribution is 7.20. The number of aryl methyl sites for hydroxylation is 1. The molecule has 4 heterocycles. The van der Waals surface area contributed by atoms with Crippen LogP contribution in [0.2, 0.25) is 0 Å². The van der Waals surface area contributed by atoms with Crippen molar-refractivity contribution in [2.75, 3.05) is 6.61 Å². The second kappa shape index (κ2) is 26.8. The number of rotatable bonds is 20. The van der Waals surface area contributed by atoms with Gasteiger partial charge in [-0.15, -0.1) is 22.7 Å². The van der Waals surface area contributed by atoms with Gasteiger partial charge in [0, 0.05) is 39.5 Å². The smallest absolute Gasteiger partial charge is 0.327 e. The van der Waals surface area contributed by atoms with Crippen molar-refractivity contribution in [1.29, 1.82) is 5.26 Å². The van der Waals surface area contributed by atoms with Crippen LogP contribution in [0.15, 0.2) is 218 Å². The topological polar surface area (TPSA) is 73.0 Å². The van der Waals surface area contributed by atoms with Crippen LogP contribution in [0.3, 0.4) is 0 Å². The van der Waals surface area contributed by atoms with Gasteiger partial charge in [-0.2, -0.15) is 5.26 Å². The summed E-state index contributed by atoms with van der Waals surface area (Å²) in [6.07, 6.45) is 4.94.